The molecule has 5 rings (SSSR count). The molecule has 0 spiro atoms. The minimum atomic E-state index is -0.982. The van der Waals surface area contributed by atoms with E-state index in [0.717, 1.165) is 28.6 Å². The molecule has 1 atom stereocenters. The Bertz CT molecular complexity index is 1140. The van der Waals surface area contributed by atoms with Crippen molar-refractivity contribution in [3.8, 4) is 0 Å². The summed E-state index contributed by atoms with van der Waals surface area (Å²) >= 11 is 6.21. The Kier molecular flexibility index (Phi) is 4.00. The number of amides is 1. The third-order valence-electron chi connectivity index (χ3n) is 6.47. The van der Waals surface area contributed by atoms with Crippen molar-refractivity contribution >= 4 is 34.4 Å². The van der Waals surface area contributed by atoms with Crippen molar-refractivity contribution in [2.45, 2.75) is 31.7 Å². The molecule has 0 saturated heterocycles. The number of nitrogens with one attached hydrogen (secondary N) is 1. The molecule has 0 bridgehead atoms. The number of aliphatic carboxylic acids is 1. The lowest BCUT2D eigenvalue weighted by atomic mass is 9.61. The molecule has 29 heavy (non-hydrogen) atoms. The molecule has 8 heteroatoms. The number of carboxylic acids is 1. The summed E-state index contributed by atoms with van der Waals surface area (Å²) in [6, 6.07) is 5.08. The maximum atomic E-state index is 13.3. The van der Waals surface area contributed by atoms with Crippen molar-refractivity contribution in [1.82, 2.24) is 19.4 Å². The summed E-state index contributed by atoms with van der Waals surface area (Å²) in [5.41, 5.74) is 2.14. The van der Waals surface area contributed by atoms with Crippen molar-refractivity contribution in [2.75, 3.05) is 6.54 Å². The zero-order chi connectivity index (χ0) is 20.3. The molecule has 0 radical (unpaired) electrons. The largest absolute Gasteiger partial charge is 0.481 e. The SMILES string of the molecule is Cn1cnc(C(=O)N2CCc3c([nH]c4ccc(Cl)cc34)C2C2(C(=O)O)CCC2)c1. The lowest BCUT2D eigenvalue weighted by Crippen LogP contribution is -2.54. The van der Waals surface area contributed by atoms with Crippen LogP contribution in [0.25, 0.3) is 10.9 Å². The summed E-state index contributed by atoms with van der Waals surface area (Å²) < 4.78 is 1.72. The van der Waals surface area contributed by atoms with Crippen LogP contribution in [-0.4, -0.2) is 43.0 Å². The number of aryl methyl sites for hydroxylation is 1. The van der Waals surface area contributed by atoms with Crippen molar-refractivity contribution in [3.63, 3.8) is 0 Å². The molecule has 2 N–H and O–H groups in total. The average Bonchev–Trinajstić information content (AvgIpc) is 3.23. The van der Waals surface area contributed by atoms with Crippen LogP contribution in [-0.2, 0) is 18.3 Å². The van der Waals surface area contributed by atoms with Crippen molar-refractivity contribution in [1.29, 1.82) is 0 Å². The van der Waals surface area contributed by atoms with Gasteiger partial charge in [0.25, 0.3) is 5.91 Å². The predicted octanol–water partition coefficient (Wildman–Crippen LogP) is 3.55. The third-order valence-corrected chi connectivity index (χ3v) is 6.70. The van der Waals surface area contributed by atoms with Crippen LogP contribution in [0.2, 0.25) is 5.02 Å². The van der Waals surface area contributed by atoms with Crippen LogP contribution in [0.15, 0.2) is 30.7 Å². The predicted molar refractivity (Wildman–Crippen MR) is 108 cm³/mol. The fourth-order valence-electron chi connectivity index (χ4n) is 4.89. The maximum Gasteiger partial charge on any atom is 0.312 e. The molecule has 7 nitrogen and oxygen atoms in total. The Morgan fingerprint density at radius 3 is 2.76 bits per heavy atom. The number of carbonyl (C=O) groups is 2. The van der Waals surface area contributed by atoms with Gasteiger partial charge < -0.3 is 19.6 Å². The number of benzene rings is 1. The van der Waals surface area contributed by atoms with Crippen molar-refractivity contribution < 1.29 is 14.7 Å². The summed E-state index contributed by atoms with van der Waals surface area (Å²) in [4.78, 5) is 35.1. The molecule has 1 amide bonds. The highest BCUT2D eigenvalue weighted by Gasteiger charge is 2.56. The number of hydrogen-bond acceptors (Lipinski definition) is 3. The van der Waals surface area contributed by atoms with Crippen molar-refractivity contribution in [3.05, 3.63) is 52.7 Å². The van der Waals surface area contributed by atoms with E-state index in [9.17, 15) is 14.7 Å². The Hall–Kier alpha value is -2.80. The summed E-state index contributed by atoms with van der Waals surface area (Å²) in [6.07, 6.45) is 5.84. The molecular formula is C21H21ClN4O3. The van der Waals surface area contributed by atoms with Crippen LogP contribution in [0.1, 0.15) is 47.1 Å². The molecule has 1 aromatic carbocycles. The lowest BCUT2D eigenvalue weighted by Gasteiger charge is -2.50. The first-order valence-corrected chi connectivity index (χ1v) is 10.1. The molecule has 1 saturated carbocycles. The zero-order valence-corrected chi connectivity index (χ0v) is 16.7. The fraction of sp³-hybridized carbons (Fsp3) is 0.381. The minimum Gasteiger partial charge on any atom is -0.481 e. The highest BCUT2D eigenvalue weighted by atomic mass is 35.5. The summed E-state index contributed by atoms with van der Waals surface area (Å²) in [5, 5.41) is 11.8. The first kappa shape index (κ1) is 18.2. The Labute approximate surface area is 172 Å². The summed E-state index contributed by atoms with van der Waals surface area (Å²) in [5.74, 6) is -1.08. The molecule has 1 aliphatic carbocycles. The Balaban J connectivity index is 1.68. The van der Waals surface area contributed by atoms with Crippen LogP contribution in [0, 0.1) is 5.41 Å². The van der Waals surface area contributed by atoms with Gasteiger partial charge in [0, 0.05) is 41.4 Å². The van der Waals surface area contributed by atoms with Gasteiger partial charge in [0.05, 0.1) is 17.8 Å². The van der Waals surface area contributed by atoms with Crippen LogP contribution in [0.5, 0.6) is 0 Å². The maximum absolute atomic E-state index is 13.3. The molecule has 150 valence electrons. The van der Waals surface area contributed by atoms with Crippen molar-refractivity contribution in [2.24, 2.45) is 12.5 Å². The minimum absolute atomic E-state index is 0.231. The van der Waals surface area contributed by atoms with Gasteiger partial charge in [-0.05, 0) is 43.0 Å². The topological polar surface area (TPSA) is 91.2 Å². The van der Waals surface area contributed by atoms with Gasteiger partial charge in [-0.2, -0.15) is 0 Å². The molecule has 3 heterocycles. The van der Waals surface area contributed by atoms with E-state index in [-0.39, 0.29) is 5.91 Å². The summed E-state index contributed by atoms with van der Waals surface area (Å²) in [6.45, 7) is 0.446. The molecule has 3 aromatic rings. The number of aromatic nitrogens is 3. The summed E-state index contributed by atoms with van der Waals surface area (Å²) in [7, 11) is 1.81. The van der Waals surface area contributed by atoms with E-state index < -0.39 is 17.4 Å². The van der Waals surface area contributed by atoms with Gasteiger partial charge in [0.15, 0.2) is 0 Å². The van der Waals surface area contributed by atoms with Gasteiger partial charge in [-0.3, -0.25) is 9.59 Å². The third kappa shape index (κ3) is 2.60. The number of carbonyl (C=O) groups excluding carboxylic acids is 1. The van der Waals surface area contributed by atoms with Gasteiger partial charge in [-0.15, -0.1) is 0 Å². The van der Waals surface area contributed by atoms with Gasteiger partial charge in [0.2, 0.25) is 0 Å². The van der Waals surface area contributed by atoms with Crippen LogP contribution in [0.4, 0.5) is 0 Å². The number of hydrogen-bond donors (Lipinski definition) is 2. The average molecular weight is 413 g/mol. The van der Waals surface area contributed by atoms with E-state index in [4.69, 9.17) is 11.6 Å². The van der Waals surface area contributed by atoms with Gasteiger partial charge in [-0.1, -0.05) is 18.0 Å². The number of H-pyrrole nitrogens is 1. The highest BCUT2D eigenvalue weighted by molar-refractivity contribution is 6.31. The molecular weight excluding hydrogens is 392 g/mol. The van der Waals surface area contributed by atoms with E-state index >= 15 is 0 Å². The van der Waals surface area contributed by atoms with Gasteiger partial charge in [-0.25, -0.2) is 4.98 Å². The molecule has 1 fully saturated rings. The monoisotopic (exact) mass is 412 g/mol. The first-order chi connectivity index (χ1) is 13.9. The number of nitrogens with zero attached hydrogens (tertiary/aromatic N) is 3. The normalized spacial score (nSPS) is 20.3. The van der Waals surface area contributed by atoms with E-state index in [1.165, 1.54) is 0 Å². The Morgan fingerprint density at radius 2 is 2.14 bits per heavy atom. The van der Waals surface area contributed by atoms with E-state index in [1.807, 2.05) is 25.2 Å². The smallest absolute Gasteiger partial charge is 0.312 e. The number of rotatable bonds is 3. The number of imidazole rings is 1. The lowest BCUT2D eigenvalue weighted by molar-refractivity contribution is -0.161. The molecule has 2 aromatic heterocycles. The van der Waals surface area contributed by atoms with E-state index in [2.05, 4.69) is 9.97 Å². The van der Waals surface area contributed by atoms with Crippen LogP contribution >= 0.6 is 11.6 Å². The number of fused-ring (bicyclic) bond motifs is 3. The second kappa shape index (κ2) is 6.35. The Morgan fingerprint density at radius 1 is 1.34 bits per heavy atom. The van der Waals surface area contributed by atoms with E-state index in [0.29, 0.717) is 36.5 Å². The fourth-order valence-corrected chi connectivity index (χ4v) is 5.06. The molecule has 2 aliphatic rings. The van der Waals surface area contributed by atoms with Crippen LogP contribution in [0.3, 0.4) is 0 Å². The molecule has 1 aliphatic heterocycles. The van der Waals surface area contributed by atoms with Gasteiger partial charge in [0.1, 0.15) is 5.69 Å². The standard InChI is InChI=1S/C21H21ClN4O3/c1-25-10-16(23-11-25)19(27)26-8-5-13-14-9-12(22)3-4-15(14)24-17(13)18(26)21(20(28)29)6-2-7-21/h3-4,9-11,18,24H,2,5-8H2,1H3,(H,28,29). The second-order valence-corrected chi connectivity index (χ2v) is 8.53. The number of aromatic amines is 1. The first-order valence-electron chi connectivity index (χ1n) is 9.73. The number of halogens is 1. The zero-order valence-electron chi connectivity index (χ0n) is 16.0. The highest BCUT2D eigenvalue weighted by Crippen LogP contribution is 2.55. The quantitative estimate of drug-likeness (QED) is 0.688. The van der Waals surface area contributed by atoms with Gasteiger partial charge >= 0.3 is 5.97 Å². The van der Waals surface area contributed by atoms with E-state index in [1.54, 1.807) is 22.0 Å². The molecule has 1 unspecified atom stereocenters. The number of carboxylic acid groups (broad SMARTS) is 1. The second-order valence-electron chi connectivity index (χ2n) is 8.10. The van der Waals surface area contributed by atoms with Crippen LogP contribution < -0.4 is 0 Å².